The summed E-state index contributed by atoms with van der Waals surface area (Å²) in [6, 6.07) is 41.9. The van der Waals surface area contributed by atoms with Gasteiger partial charge in [0, 0.05) is 180 Å². The molecule has 4 fully saturated rings. The molecule has 0 radical (unpaired) electrons. The molecule has 4 saturated heterocycles. The average Bonchev–Trinajstić information content (AvgIpc) is 1.59. The van der Waals surface area contributed by atoms with Gasteiger partial charge in [-0.2, -0.15) is 0 Å². The van der Waals surface area contributed by atoms with Crippen molar-refractivity contribution in [2.45, 2.75) is 77.0 Å². The smallest absolute Gasteiger partial charge is 0.260 e. The van der Waals surface area contributed by atoms with Gasteiger partial charge in [0.25, 0.3) is 44.5 Å². The van der Waals surface area contributed by atoms with Gasteiger partial charge >= 0.3 is 0 Å². The van der Waals surface area contributed by atoms with Crippen molar-refractivity contribution < 1.29 is 9.47 Å². The summed E-state index contributed by atoms with van der Waals surface area (Å²) in [5, 5.41) is 25.6. The number of piperidine rings is 1. The van der Waals surface area contributed by atoms with Crippen LogP contribution in [-0.4, -0.2) is 277 Å². The number of nitrogens with zero attached hydrogens (tertiary/aromatic N) is 23. The predicted molar refractivity (Wildman–Crippen MR) is 598 cm³/mol. The van der Waals surface area contributed by atoms with E-state index in [1.165, 1.54) is 151 Å². The second-order valence-corrected chi connectivity index (χ2v) is 38.9. The summed E-state index contributed by atoms with van der Waals surface area (Å²) >= 11 is 0. The lowest BCUT2D eigenvalue weighted by molar-refractivity contribution is 0.0378. The Morgan fingerprint density at radius 3 is 1.07 bits per heavy atom. The molecule has 6 N–H and O–H groups in total. The Kier molecular flexibility index (Phi) is 35.5. The molecule has 16 heterocycles. The van der Waals surface area contributed by atoms with Crippen molar-refractivity contribution in [3.63, 3.8) is 0 Å². The summed E-state index contributed by atoms with van der Waals surface area (Å²) in [4.78, 5) is 150. The van der Waals surface area contributed by atoms with Gasteiger partial charge in [-0.05, 0) is 262 Å². The van der Waals surface area contributed by atoms with Crippen LogP contribution in [0.15, 0.2) is 232 Å². The molecule has 39 nitrogen and oxygen atoms in total. The Morgan fingerprint density at radius 2 is 0.647 bits per heavy atom. The third kappa shape index (κ3) is 26.6. The van der Waals surface area contributed by atoms with E-state index in [-0.39, 0.29) is 44.5 Å². The minimum absolute atomic E-state index is 0.000540. The Bertz CT molecular complexity index is 7960. The zero-order chi connectivity index (χ0) is 105. The van der Waals surface area contributed by atoms with Crippen molar-refractivity contribution in [2.24, 2.45) is 66.4 Å². The maximum Gasteiger partial charge on any atom is 0.260 e. The van der Waals surface area contributed by atoms with E-state index in [0.29, 0.717) is 67.7 Å². The molecule has 39 heteroatoms. The van der Waals surface area contributed by atoms with Crippen molar-refractivity contribution >= 4 is 133 Å². The van der Waals surface area contributed by atoms with Crippen LogP contribution in [0.25, 0.3) is 87.2 Å². The number of likely N-dealkylation sites (tertiary alicyclic amines) is 3. The van der Waals surface area contributed by atoms with E-state index >= 15 is 0 Å². The number of aliphatic imine (C=N–C) groups is 2. The van der Waals surface area contributed by atoms with Crippen LogP contribution in [0.4, 0.5) is 34.1 Å². The van der Waals surface area contributed by atoms with Crippen molar-refractivity contribution in [2.75, 3.05) is 196 Å². The first-order valence-electron chi connectivity index (χ1n) is 51.9. The number of benzene rings is 8. The number of likely N-dealkylation sites (N-methyl/N-ethyl adjacent to an activating group) is 1. The van der Waals surface area contributed by atoms with E-state index in [1.54, 1.807) is 107 Å². The number of ether oxygens (including phenoxy) is 2. The summed E-state index contributed by atoms with van der Waals surface area (Å²) in [6.45, 7) is 24.4. The number of nitrogens with one attached hydrogen (secondary N) is 6. The van der Waals surface area contributed by atoms with Crippen LogP contribution in [0.2, 0.25) is 0 Å². The number of anilines is 6. The minimum Gasteiger partial charge on any atom is -0.476 e. The van der Waals surface area contributed by atoms with Crippen LogP contribution in [0.1, 0.15) is 86.5 Å². The maximum absolute atomic E-state index is 12.0. The number of aryl methyl sites for hydroxylation is 8. The van der Waals surface area contributed by atoms with Crippen LogP contribution in [0, 0.1) is 0 Å². The van der Waals surface area contributed by atoms with Gasteiger partial charge in [0.05, 0.1) is 164 Å². The van der Waals surface area contributed by atoms with Gasteiger partial charge < -0.3 is 97.5 Å². The monoisotopic (exact) mass is 2030 g/mol. The zero-order valence-electron chi connectivity index (χ0n) is 87.1. The topological polar surface area (TPSA) is 411 Å². The van der Waals surface area contributed by atoms with Gasteiger partial charge in [-0.25, -0.2) is 44.9 Å². The number of morpholine rings is 1. The maximum atomic E-state index is 12.0. The quantitative estimate of drug-likeness (QED) is 0.0364. The lowest BCUT2D eigenvalue weighted by Crippen LogP contribution is -2.37. The van der Waals surface area contributed by atoms with Gasteiger partial charge in [-0.3, -0.25) is 48.2 Å². The lowest BCUT2D eigenvalue weighted by atomic mass is 10.1. The molecule has 24 rings (SSSR count). The van der Waals surface area contributed by atoms with Gasteiger partial charge in [-0.1, -0.05) is 12.5 Å². The van der Waals surface area contributed by atoms with Crippen molar-refractivity contribution in [3.8, 4) is 0 Å². The van der Waals surface area contributed by atoms with E-state index in [1.807, 2.05) is 134 Å². The van der Waals surface area contributed by atoms with Crippen LogP contribution < -0.4 is 76.4 Å². The highest BCUT2D eigenvalue weighted by Crippen LogP contribution is 2.30. The largest absolute Gasteiger partial charge is 0.476 e. The van der Waals surface area contributed by atoms with E-state index < -0.39 is 0 Å². The number of hydrogen-bond acceptors (Lipinski definition) is 31. The molecule has 0 unspecified atom stereocenters. The van der Waals surface area contributed by atoms with E-state index in [2.05, 4.69) is 106 Å². The van der Waals surface area contributed by atoms with Gasteiger partial charge in [0.1, 0.15) is 12.4 Å². The summed E-state index contributed by atoms with van der Waals surface area (Å²) in [7, 11) is 15.7. The fraction of sp³-hybridized carbons (Fsp3) is 0.405. The molecule has 8 aliphatic rings. The molecule has 0 spiro atoms. The highest BCUT2D eigenvalue weighted by atomic mass is 16.5. The Balaban J connectivity index is 0.000000117. The van der Waals surface area contributed by atoms with Gasteiger partial charge in [0.2, 0.25) is 5.90 Å². The highest BCUT2D eigenvalue weighted by Gasteiger charge is 2.23. The third-order valence-corrected chi connectivity index (χ3v) is 28.0. The van der Waals surface area contributed by atoms with E-state index in [9.17, 15) is 38.4 Å². The molecule has 8 aromatic carbocycles. The number of hydrogen-bond donors (Lipinski definition) is 6. The minimum atomic E-state index is -0.0455. The molecule has 0 saturated carbocycles. The zero-order valence-corrected chi connectivity index (χ0v) is 87.1. The SMILES string of the molecule is CN1CCN=C1c1ccc2c(=O)n(C)cnc2c1.Cn1cnc2c3c(ccc2c1=O)NCC3.Cn1cnc2cc(C3=NCCO3)ccc2c1=O.Cn1cnc2cc(NCCCN3CCCC3)ccc2c1=O.Cn1cnc2cc(NCCCN3CCCCC3)ccc2c1=O.Cn1cnc2cc(NCCCN3CCOCC3)ccc2c1=O.Cn1cnc2cc(NCCN3CCCC3)ccc2c1=O.Cn1cnc2cc3c(cc2c1=O)CCN3. The van der Waals surface area contributed by atoms with Crippen molar-refractivity contribution in [3.05, 3.63) is 289 Å². The molecular weight excluding hydrogens is 1900 g/mol. The number of rotatable bonds is 21. The number of aromatic nitrogens is 16. The van der Waals surface area contributed by atoms with Crippen molar-refractivity contribution in [1.29, 1.82) is 0 Å². The summed E-state index contributed by atoms with van der Waals surface area (Å²) in [5.41, 5.74) is 16.6. The van der Waals surface area contributed by atoms with Crippen LogP contribution in [-0.2, 0) is 78.7 Å². The van der Waals surface area contributed by atoms with Crippen LogP contribution in [0.3, 0.4) is 0 Å². The van der Waals surface area contributed by atoms with Crippen LogP contribution in [0.5, 0.6) is 0 Å². The number of amidine groups is 1. The average molecular weight is 2040 g/mol. The fourth-order valence-electron chi connectivity index (χ4n) is 19.4. The van der Waals surface area contributed by atoms with Gasteiger partial charge in [-0.15, -0.1) is 0 Å². The summed E-state index contributed by atoms with van der Waals surface area (Å²) in [5.74, 6) is 1.61. The van der Waals surface area contributed by atoms with Crippen molar-refractivity contribution in [1.82, 2.24) is 101 Å². The Morgan fingerprint density at radius 1 is 0.300 bits per heavy atom. The second kappa shape index (κ2) is 50.4. The first kappa shape index (κ1) is 106. The van der Waals surface area contributed by atoms with Gasteiger partial charge in [0.15, 0.2) is 0 Å². The first-order valence-corrected chi connectivity index (χ1v) is 51.9. The predicted octanol–water partition coefficient (Wildman–Crippen LogP) is 9.70. The molecule has 16 aromatic rings. The molecule has 0 aliphatic carbocycles. The van der Waals surface area contributed by atoms with E-state index in [4.69, 9.17) is 9.47 Å². The normalized spacial score (nSPS) is 15.3. The molecule has 0 bridgehead atoms. The van der Waals surface area contributed by atoms with Crippen LogP contribution >= 0.6 is 0 Å². The number of fused-ring (bicyclic) bond motifs is 11. The summed E-state index contributed by atoms with van der Waals surface area (Å²) < 4.78 is 22.7. The molecule has 150 heavy (non-hydrogen) atoms. The second-order valence-electron chi connectivity index (χ2n) is 38.9. The molecule has 0 amide bonds. The third-order valence-electron chi connectivity index (χ3n) is 28.0. The molecule has 8 aromatic heterocycles. The first-order chi connectivity index (χ1) is 72.9. The fourth-order valence-corrected chi connectivity index (χ4v) is 19.4. The lowest BCUT2D eigenvalue weighted by Gasteiger charge is -2.26. The Labute approximate surface area is 867 Å². The summed E-state index contributed by atoms with van der Waals surface area (Å²) in [6.07, 6.45) is 27.2. The highest BCUT2D eigenvalue weighted by molar-refractivity contribution is 6.02. The van der Waals surface area contributed by atoms with E-state index in [0.717, 1.165) is 214 Å². The Hall–Kier alpha value is -15.6. The molecule has 8 aliphatic heterocycles. The molecular formula is C111H135N29O10. The standard InChI is InChI=1S/C17H24N4O.C16H22N4O2.C16H22N4O.C15H20N4O.C13H14N4O.C12H11N3O2.2C11H11N3O/c1-20-13-19-16-12-14(6-7-15(16)17(20)22)18-8-5-11-21-9-3-2-4-10-21;1-19-12-18-15-11-13(3-4-14(15)16(19)21)17-5-2-6-20-7-9-22-10-8-20;1-19-12-18-15-11-13(5-6-14(15)16(19)21)17-7-4-10-20-8-2-3-9-20;1-18-11-17-14-10-12(4-5-13(14)15(18)20)16-6-9-19-7-2-3-8-19;1-16-6-5-14-12(16)9-3-4-10-11(7-9)15-8-17(2)13(10)18;1-15-7-14-10-6-8(11-13-4-5-17-11)2-3-9(10)12(15)16;1-14-6-13-10-5-9-7(2-3-12-9)4-8(10)11(14)15;1-14-6-13-10-7-4-5-12-9(7)3-2-8(10)11(14)15/h6-7,12-13,18H,2-5,8-11H2,1H3;3-4,11-12,17H,2,5-10H2,1H3;5-6,11-12,17H,2-4,7-10H2,1H3;4-5,10-11,16H,2-3,6-9H2,1H3;3-4,7-8H,5-6H2,1-2H3;2-3,6-7H,4-5H2,1H3;4-6,12H,2-3H2,1H3;2-3,6,12H,4-5H2,1H3. The molecule has 0 atom stereocenters. The molecule has 784 valence electrons.